The first-order chi connectivity index (χ1) is 13.3. The lowest BCUT2D eigenvalue weighted by molar-refractivity contribution is 0.0844. The summed E-state index contributed by atoms with van der Waals surface area (Å²) in [5.41, 5.74) is 5.01. The predicted molar refractivity (Wildman–Crippen MR) is 104 cm³/mol. The molecule has 0 spiro atoms. The first-order valence-corrected chi connectivity index (χ1v) is 9.33. The molecule has 138 valence electrons. The Kier molecular flexibility index (Phi) is 5.08. The third kappa shape index (κ3) is 3.67. The number of ether oxygens (including phenoxy) is 2. The van der Waals surface area contributed by atoms with E-state index in [1.165, 1.54) is 5.56 Å². The third-order valence-corrected chi connectivity index (χ3v) is 5.03. The van der Waals surface area contributed by atoms with Gasteiger partial charge in [0.25, 0.3) is 0 Å². The van der Waals surface area contributed by atoms with E-state index in [0.29, 0.717) is 11.8 Å². The molecule has 0 amide bonds. The van der Waals surface area contributed by atoms with Gasteiger partial charge >= 0.3 is 0 Å². The van der Waals surface area contributed by atoms with Gasteiger partial charge in [0.15, 0.2) is 12.3 Å². The smallest absolute Gasteiger partial charge is 0.222 e. The van der Waals surface area contributed by atoms with Gasteiger partial charge in [-0.2, -0.15) is 9.61 Å². The Morgan fingerprint density at radius 3 is 2.78 bits per heavy atom. The monoisotopic (exact) mass is 361 g/mol. The van der Waals surface area contributed by atoms with Crippen molar-refractivity contribution in [3.63, 3.8) is 0 Å². The molecule has 3 heterocycles. The van der Waals surface area contributed by atoms with Crippen LogP contribution < -0.4 is 4.74 Å². The Morgan fingerprint density at radius 1 is 1.26 bits per heavy atom. The van der Waals surface area contributed by atoms with Crippen molar-refractivity contribution >= 4 is 5.65 Å². The summed E-state index contributed by atoms with van der Waals surface area (Å²) in [5.74, 6) is 3.66. The van der Waals surface area contributed by atoms with Crippen LogP contribution in [-0.2, 0) is 11.2 Å². The normalized spacial score (nSPS) is 15.0. The Hall–Kier alpha value is -2.84. The van der Waals surface area contributed by atoms with Crippen LogP contribution in [0.5, 0.6) is 5.88 Å². The van der Waals surface area contributed by atoms with Crippen molar-refractivity contribution < 1.29 is 9.47 Å². The van der Waals surface area contributed by atoms with E-state index in [9.17, 15) is 0 Å². The molecule has 1 saturated heterocycles. The summed E-state index contributed by atoms with van der Waals surface area (Å²) < 4.78 is 13.2. The molecule has 1 aliphatic rings. The number of nitrogens with zero attached hydrogens (tertiary/aromatic N) is 3. The minimum atomic E-state index is 0.201. The zero-order valence-electron chi connectivity index (χ0n) is 15.5. The molecule has 1 fully saturated rings. The van der Waals surface area contributed by atoms with Crippen molar-refractivity contribution in [3.8, 4) is 18.2 Å². The van der Waals surface area contributed by atoms with E-state index >= 15 is 0 Å². The van der Waals surface area contributed by atoms with Crippen LogP contribution in [0, 0.1) is 19.3 Å². The van der Waals surface area contributed by atoms with Crippen molar-refractivity contribution in [1.82, 2.24) is 14.6 Å². The summed E-state index contributed by atoms with van der Waals surface area (Å²) in [6, 6.07) is 12.4. The third-order valence-electron chi connectivity index (χ3n) is 5.03. The lowest BCUT2D eigenvalue weighted by Gasteiger charge is -2.19. The summed E-state index contributed by atoms with van der Waals surface area (Å²) in [5, 5.41) is 4.84. The van der Waals surface area contributed by atoms with Crippen molar-refractivity contribution in [2.24, 2.45) is 0 Å². The van der Waals surface area contributed by atoms with Crippen molar-refractivity contribution in [2.75, 3.05) is 19.8 Å². The highest BCUT2D eigenvalue weighted by molar-refractivity contribution is 5.49. The van der Waals surface area contributed by atoms with Crippen molar-refractivity contribution in [2.45, 2.75) is 32.1 Å². The first kappa shape index (κ1) is 17.6. The van der Waals surface area contributed by atoms with Gasteiger partial charge in [0.05, 0.1) is 5.69 Å². The molecule has 0 unspecified atom stereocenters. The highest BCUT2D eigenvalue weighted by Crippen LogP contribution is 2.30. The average molecular weight is 361 g/mol. The number of rotatable bonds is 5. The number of hydrogen-bond donors (Lipinski definition) is 0. The van der Waals surface area contributed by atoms with Crippen molar-refractivity contribution in [3.05, 3.63) is 58.9 Å². The van der Waals surface area contributed by atoms with Gasteiger partial charge in [-0.25, -0.2) is 4.98 Å². The molecule has 5 nitrogen and oxygen atoms in total. The van der Waals surface area contributed by atoms with Crippen LogP contribution in [0.25, 0.3) is 5.65 Å². The molecular formula is C22H23N3O2. The minimum absolute atomic E-state index is 0.201. The van der Waals surface area contributed by atoms with Crippen LogP contribution >= 0.6 is 0 Å². The second-order valence-electron chi connectivity index (χ2n) is 6.86. The van der Waals surface area contributed by atoms with Gasteiger partial charge in [0.2, 0.25) is 5.88 Å². The fraction of sp³-hybridized carbons (Fsp3) is 0.364. The number of aryl methyl sites for hydroxylation is 1. The van der Waals surface area contributed by atoms with Crippen LogP contribution in [0.2, 0.25) is 0 Å². The average Bonchev–Trinajstić information content (AvgIpc) is 3.13. The standard InChI is InChI=1S/C22H23N3O2/c1-3-11-27-22-19(14-17-7-5-4-6-8-17)16(2)23-21-15-20(24-25(21)22)18-9-12-26-13-10-18/h1,4-8,15,18H,9-14H2,2H3. The van der Waals surface area contributed by atoms with E-state index in [0.717, 1.165) is 55.1 Å². The van der Waals surface area contributed by atoms with Gasteiger partial charge in [-0.15, -0.1) is 6.42 Å². The number of fused-ring (bicyclic) bond motifs is 1. The van der Waals surface area contributed by atoms with Crippen molar-refractivity contribution in [1.29, 1.82) is 0 Å². The van der Waals surface area contributed by atoms with Crippen LogP contribution in [0.4, 0.5) is 0 Å². The molecule has 27 heavy (non-hydrogen) atoms. The summed E-state index contributed by atoms with van der Waals surface area (Å²) in [6.07, 6.45) is 8.15. The van der Waals surface area contributed by atoms with Crippen LogP contribution in [0.15, 0.2) is 36.4 Å². The molecule has 0 saturated carbocycles. The van der Waals surface area contributed by atoms with Crippen LogP contribution in [0.1, 0.15) is 41.3 Å². The lowest BCUT2D eigenvalue weighted by Crippen LogP contribution is -2.14. The SMILES string of the molecule is C#CCOc1c(Cc2ccccc2)c(C)nc2cc(C3CCOCC3)nn12. The number of hydrogen-bond acceptors (Lipinski definition) is 4. The maximum Gasteiger partial charge on any atom is 0.222 e. The Balaban J connectivity index is 1.78. The fourth-order valence-electron chi connectivity index (χ4n) is 3.59. The maximum atomic E-state index is 5.95. The van der Waals surface area contributed by atoms with E-state index in [-0.39, 0.29) is 6.61 Å². The van der Waals surface area contributed by atoms with Gasteiger partial charge in [0.1, 0.15) is 0 Å². The fourth-order valence-corrected chi connectivity index (χ4v) is 3.59. The molecule has 4 rings (SSSR count). The second kappa shape index (κ2) is 7.81. The summed E-state index contributed by atoms with van der Waals surface area (Å²) in [6.45, 7) is 3.78. The topological polar surface area (TPSA) is 48.7 Å². The number of benzene rings is 1. The zero-order chi connectivity index (χ0) is 18.6. The molecule has 3 aromatic rings. The van der Waals surface area contributed by atoms with E-state index < -0.39 is 0 Å². The summed E-state index contributed by atoms with van der Waals surface area (Å²) >= 11 is 0. The Morgan fingerprint density at radius 2 is 2.04 bits per heavy atom. The molecular weight excluding hydrogens is 338 g/mol. The first-order valence-electron chi connectivity index (χ1n) is 9.33. The van der Waals surface area contributed by atoms with Crippen LogP contribution in [-0.4, -0.2) is 34.4 Å². The Labute approximate surface area is 159 Å². The Bertz CT molecular complexity index is 967. The largest absolute Gasteiger partial charge is 0.464 e. The quantitative estimate of drug-likeness (QED) is 0.652. The summed E-state index contributed by atoms with van der Waals surface area (Å²) in [7, 11) is 0. The van der Waals surface area contributed by atoms with Gasteiger partial charge in [-0.05, 0) is 25.3 Å². The van der Waals surface area contributed by atoms with E-state index in [1.807, 2.05) is 29.6 Å². The van der Waals surface area contributed by atoms with Gasteiger partial charge in [-0.1, -0.05) is 36.3 Å². The molecule has 0 aliphatic carbocycles. The molecule has 0 N–H and O–H groups in total. The maximum absolute atomic E-state index is 5.95. The van der Waals surface area contributed by atoms with Gasteiger partial charge in [0, 0.05) is 42.9 Å². The zero-order valence-corrected chi connectivity index (χ0v) is 15.5. The molecule has 1 aliphatic heterocycles. The molecule has 0 bridgehead atoms. The molecule has 1 aromatic carbocycles. The highest BCUT2D eigenvalue weighted by Gasteiger charge is 2.22. The number of terminal acetylenes is 1. The molecule has 2 aromatic heterocycles. The predicted octanol–water partition coefficient (Wildman–Crippen LogP) is 3.53. The van der Waals surface area contributed by atoms with Crippen LogP contribution in [0.3, 0.4) is 0 Å². The van der Waals surface area contributed by atoms with E-state index in [1.54, 1.807) is 0 Å². The summed E-state index contributed by atoms with van der Waals surface area (Å²) in [4.78, 5) is 4.79. The van der Waals surface area contributed by atoms with E-state index in [2.05, 4.69) is 24.1 Å². The molecule has 0 atom stereocenters. The second-order valence-corrected chi connectivity index (χ2v) is 6.86. The number of aromatic nitrogens is 3. The highest BCUT2D eigenvalue weighted by atomic mass is 16.5. The van der Waals surface area contributed by atoms with Gasteiger partial charge < -0.3 is 9.47 Å². The molecule has 5 heteroatoms. The van der Waals surface area contributed by atoms with Gasteiger partial charge in [-0.3, -0.25) is 0 Å². The minimum Gasteiger partial charge on any atom is -0.464 e. The van der Waals surface area contributed by atoms with E-state index in [4.69, 9.17) is 26.0 Å². The molecule has 0 radical (unpaired) electrons. The lowest BCUT2D eigenvalue weighted by atomic mass is 9.97.